The van der Waals surface area contributed by atoms with E-state index >= 15 is 0 Å². The summed E-state index contributed by atoms with van der Waals surface area (Å²) >= 11 is 12.3. The number of aryl methyl sites for hydroxylation is 2. The van der Waals surface area contributed by atoms with Gasteiger partial charge in [-0.05, 0) is 72.5 Å². The summed E-state index contributed by atoms with van der Waals surface area (Å²) in [4.78, 5) is 12.6. The highest BCUT2D eigenvalue weighted by molar-refractivity contribution is 6.32. The number of ether oxygens (including phenoxy) is 1. The second kappa shape index (κ2) is 10.3. The zero-order valence-corrected chi connectivity index (χ0v) is 20.1. The summed E-state index contributed by atoms with van der Waals surface area (Å²) in [7, 11) is 0. The summed E-state index contributed by atoms with van der Waals surface area (Å²) < 4.78 is 20.7. The lowest BCUT2D eigenvalue weighted by atomic mass is 10.1. The lowest BCUT2D eigenvalue weighted by Crippen LogP contribution is -2.13. The minimum absolute atomic E-state index is 0.276. The zero-order chi connectivity index (χ0) is 24.2. The van der Waals surface area contributed by atoms with Gasteiger partial charge < -0.3 is 10.1 Å². The molecule has 0 saturated heterocycles. The van der Waals surface area contributed by atoms with Gasteiger partial charge in [0.05, 0.1) is 6.54 Å². The van der Waals surface area contributed by atoms with Crippen molar-refractivity contribution in [1.82, 2.24) is 9.78 Å². The topological polar surface area (TPSA) is 56.1 Å². The molecule has 0 spiro atoms. The Morgan fingerprint density at radius 3 is 2.41 bits per heavy atom. The summed E-state index contributed by atoms with van der Waals surface area (Å²) in [5.41, 5.74) is 4.09. The predicted molar refractivity (Wildman–Crippen MR) is 132 cm³/mol. The molecule has 0 aliphatic heterocycles. The molecule has 0 aliphatic carbocycles. The molecule has 1 N–H and O–H groups in total. The first-order valence-corrected chi connectivity index (χ1v) is 11.3. The number of benzene rings is 3. The Hall–Kier alpha value is -3.35. The van der Waals surface area contributed by atoms with Crippen molar-refractivity contribution < 1.29 is 13.9 Å². The normalized spacial score (nSPS) is 10.9. The van der Waals surface area contributed by atoms with Crippen LogP contribution in [0.2, 0.25) is 10.0 Å². The van der Waals surface area contributed by atoms with E-state index in [1.54, 1.807) is 35.1 Å². The van der Waals surface area contributed by atoms with Crippen molar-refractivity contribution in [3.05, 3.63) is 111 Å². The largest absolute Gasteiger partial charge is 0.489 e. The third-order valence-electron chi connectivity index (χ3n) is 5.26. The molecule has 4 rings (SSSR count). The second-order valence-corrected chi connectivity index (χ2v) is 8.73. The van der Waals surface area contributed by atoms with Crippen LogP contribution in [0.15, 0.2) is 66.9 Å². The lowest BCUT2D eigenvalue weighted by Gasteiger charge is -2.10. The van der Waals surface area contributed by atoms with Crippen LogP contribution in [0.1, 0.15) is 32.6 Å². The smallest absolute Gasteiger partial charge is 0.256 e. The summed E-state index contributed by atoms with van der Waals surface area (Å²) in [5, 5.41) is 8.18. The molecule has 1 heterocycles. The highest BCUT2D eigenvalue weighted by Crippen LogP contribution is 2.26. The van der Waals surface area contributed by atoms with Crippen LogP contribution in [-0.2, 0) is 13.2 Å². The van der Waals surface area contributed by atoms with E-state index in [4.69, 9.17) is 27.9 Å². The molecule has 8 heteroatoms. The molecular formula is C26H22Cl2FN3O2. The van der Waals surface area contributed by atoms with Gasteiger partial charge in [-0.15, -0.1) is 0 Å². The number of carbonyl (C=O) groups excluding carboxylic acids is 1. The highest BCUT2D eigenvalue weighted by Gasteiger charge is 2.10. The molecule has 0 atom stereocenters. The van der Waals surface area contributed by atoms with Gasteiger partial charge in [-0.2, -0.15) is 5.10 Å². The lowest BCUT2D eigenvalue weighted by molar-refractivity contribution is 0.102. The van der Waals surface area contributed by atoms with E-state index < -0.39 is 5.82 Å². The SMILES string of the molecule is Cc1cc(OCc2ccc(C(=O)Nc3ccn(Cc4ccc(F)cc4Cl)n3)cc2)cc(C)c1Cl. The fraction of sp³-hybridized carbons (Fsp3) is 0.154. The number of rotatable bonds is 7. The van der Waals surface area contributed by atoms with Gasteiger partial charge >= 0.3 is 0 Å². The van der Waals surface area contributed by atoms with Crippen molar-refractivity contribution in [3.8, 4) is 5.75 Å². The minimum atomic E-state index is -0.394. The number of nitrogens with one attached hydrogen (secondary N) is 1. The molecule has 174 valence electrons. The van der Waals surface area contributed by atoms with Gasteiger partial charge in [0, 0.05) is 27.9 Å². The Kier molecular flexibility index (Phi) is 7.20. The number of aromatic nitrogens is 2. The summed E-state index contributed by atoms with van der Waals surface area (Å²) in [6, 6.07) is 16.9. The third-order valence-corrected chi connectivity index (χ3v) is 6.21. The van der Waals surface area contributed by atoms with Gasteiger partial charge in [0.25, 0.3) is 5.91 Å². The van der Waals surface area contributed by atoms with Crippen LogP contribution in [0.5, 0.6) is 5.75 Å². The number of nitrogens with zero attached hydrogens (tertiary/aromatic N) is 2. The van der Waals surface area contributed by atoms with Gasteiger partial charge in [-0.1, -0.05) is 41.4 Å². The maximum Gasteiger partial charge on any atom is 0.256 e. The summed E-state index contributed by atoms with van der Waals surface area (Å²) in [5.74, 6) is 0.485. The first-order chi connectivity index (χ1) is 16.3. The number of hydrogen-bond acceptors (Lipinski definition) is 3. The molecule has 4 aromatic rings. The molecule has 0 bridgehead atoms. The van der Waals surface area contributed by atoms with E-state index in [9.17, 15) is 9.18 Å². The van der Waals surface area contributed by atoms with Crippen LogP contribution >= 0.6 is 23.2 Å². The van der Waals surface area contributed by atoms with E-state index in [2.05, 4.69) is 10.4 Å². The maximum absolute atomic E-state index is 13.2. The quantitative estimate of drug-likeness (QED) is 0.304. The van der Waals surface area contributed by atoms with Crippen LogP contribution in [0.25, 0.3) is 0 Å². The Morgan fingerprint density at radius 2 is 1.74 bits per heavy atom. The number of carbonyl (C=O) groups is 1. The Labute approximate surface area is 207 Å². The van der Waals surface area contributed by atoms with Crippen LogP contribution in [0.4, 0.5) is 10.2 Å². The molecule has 0 aliphatic rings. The van der Waals surface area contributed by atoms with Crippen molar-refractivity contribution in [2.75, 3.05) is 5.32 Å². The Bertz CT molecular complexity index is 1310. The summed E-state index contributed by atoms with van der Waals surface area (Å²) in [6.45, 7) is 4.61. The molecule has 1 amide bonds. The first-order valence-electron chi connectivity index (χ1n) is 10.6. The Morgan fingerprint density at radius 1 is 1.03 bits per heavy atom. The molecule has 34 heavy (non-hydrogen) atoms. The fourth-order valence-corrected chi connectivity index (χ4v) is 3.77. The first kappa shape index (κ1) is 23.8. The van der Waals surface area contributed by atoms with E-state index in [1.165, 1.54) is 12.1 Å². The van der Waals surface area contributed by atoms with Crippen molar-refractivity contribution >= 4 is 34.9 Å². The third kappa shape index (κ3) is 5.76. The average molecular weight is 498 g/mol. The van der Waals surface area contributed by atoms with Gasteiger partial charge in [0.15, 0.2) is 5.82 Å². The van der Waals surface area contributed by atoms with Crippen LogP contribution in [0, 0.1) is 19.7 Å². The molecular weight excluding hydrogens is 476 g/mol. The molecule has 5 nitrogen and oxygen atoms in total. The summed E-state index contributed by atoms with van der Waals surface area (Å²) in [6.07, 6.45) is 1.72. The molecule has 0 fully saturated rings. The monoisotopic (exact) mass is 497 g/mol. The minimum Gasteiger partial charge on any atom is -0.489 e. The van der Waals surface area contributed by atoms with Gasteiger partial charge in [-0.25, -0.2) is 4.39 Å². The number of hydrogen-bond donors (Lipinski definition) is 1. The number of amides is 1. The van der Waals surface area contributed by atoms with E-state index in [1.807, 2.05) is 38.1 Å². The van der Waals surface area contributed by atoms with Crippen molar-refractivity contribution in [3.63, 3.8) is 0 Å². The zero-order valence-electron chi connectivity index (χ0n) is 18.6. The van der Waals surface area contributed by atoms with Crippen LogP contribution in [-0.4, -0.2) is 15.7 Å². The standard InChI is InChI=1S/C26H22Cl2FN3O2/c1-16-11-22(12-17(2)25(16)28)34-15-18-3-5-19(6-4-18)26(33)30-24-9-10-32(31-24)14-20-7-8-21(29)13-23(20)27/h3-13H,14-15H2,1-2H3,(H,30,31,33). The molecule has 0 saturated carbocycles. The van der Waals surface area contributed by atoms with Gasteiger partial charge in [0.2, 0.25) is 0 Å². The van der Waals surface area contributed by atoms with Crippen molar-refractivity contribution in [2.45, 2.75) is 27.0 Å². The van der Waals surface area contributed by atoms with E-state index in [-0.39, 0.29) is 5.91 Å². The molecule has 3 aromatic carbocycles. The molecule has 0 radical (unpaired) electrons. The molecule has 1 aromatic heterocycles. The van der Waals surface area contributed by atoms with E-state index in [0.29, 0.717) is 29.6 Å². The van der Waals surface area contributed by atoms with Crippen LogP contribution in [0.3, 0.4) is 0 Å². The van der Waals surface area contributed by atoms with Crippen LogP contribution < -0.4 is 10.1 Å². The van der Waals surface area contributed by atoms with E-state index in [0.717, 1.165) is 33.0 Å². The second-order valence-electron chi connectivity index (χ2n) is 7.95. The predicted octanol–water partition coefficient (Wildman–Crippen LogP) is 6.83. The Balaban J connectivity index is 1.34. The number of halogens is 3. The van der Waals surface area contributed by atoms with Crippen molar-refractivity contribution in [1.29, 1.82) is 0 Å². The number of anilines is 1. The average Bonchev–Trinajstić information content (AvgIpc) is 3.25. The van der Waals surface area contributed by atoms with Gasteiger partial charge in [-0.3, -0.25) is 9.48 Å². The highest BCUT2D eigenvalue weighted by atomic mass is 35.5. The maximum atomic E-state index is 13.2. The molecule has 0 unspecified atom stereocenters. The van der Waals surface area contributed by atoms with Gasteiger partial charge in [0.1, 0.15) is 18.2 Å². The fourth-order valence-electron chi connectivity index (χ4n) is 3.44. The van der Waals surface area contributed by atoms with Crippen molar-refractivity contribution in [2.24, 2.45) is 0 Å².